The summed E-state index contributed by atoms with van der Waals surface area (Å²) in [6.07, 6.45) is -10.7. The summed E-state index contributed by atoms with van der Waals surface area (Å²) < 4.78 is 110. The van der Waals surface area contributed by atoms with Crippen molar-refractivity contribution in [3.63, 3.8) is 0 Å². The summed E-state index contributed by atoms with van der Waals surface area (Å²) in [5.41, 5.74) is -3.26. The first kappa shape index (κ1) is 23.0. The number of hydrogen-bond acceptors (Lipinski definition) is 3. The minimum Gasteiger partial charge on any atom is -0.406 e. The van der Waals surface area contributed by atoms with Crippen molar-refractivity contribution >= 4 is 6.09 Å². The van der Waals surface area contributed by atoms with Gasteiger partial charge in [0.05, 0.1) is 17.4 Å². The molecule has 0 aliphatic heterocycles. The number of carbonyl (C=O) groups excluding carboxylic acids is 1. The molecule has 0 aliphatic carbocycles. The second-order valence-electron chi connectivity index (χ2n) is 6.33. The predicted octanol–water partition coefficient (Wildman–Crippen LogP) is 5.48. The zero-order chi connectivity index (χ0) is 23.7. The number of alkyl halides is 6. The van der Waals surface area contributed by atoms with Gasteiger partial charge in [0, 0.05) is 6.54 Å². The average molecular weight is 465 g/mol. The Labute approximate surface area is 174 Å². The van der Waals surface area contributed by atoms with E-state index in [1.54, 1.807) is 0 Å². The van der Waals surface area contributed by atoms with Crippen molar-refractivity contribution in [2.24, 2.45) is 0 Å². The molecule has 13 heteroatoms. The number of aromatic nitrogens is 2. The first-order valence-electron chi connectivity index (χ1n) is 8.58. The molecule has 0 spiro atoms. The lowest BCUT2D eigenvalue weighted by molar-refractivity contribution is -0.143. The van der Waals surface area contributed by atoms with Gasteiger partial charge in [-0.25, -0.2) is 18.3 Å². The van der Waals surface area contributed by atoms with Crippen molar-refractivity contribution in [2.45, 2.75) is 18.9 Å². The number of nitrogens with zero attached hydrogens (tertiary/aromatic N) is 2. The quantitative estimate of drug-likeness (QED) is 0.520. The third kappa shape index (κ3) is 5.34. The molecule has 1 aromatic heterocycles. The smallest absolute Gasteiger partial charge is 0.406 e. The molecule has 1 heterocycles. The van der Waals surface area contributed by atoms with Gasteiger partial charge in [0.2, 0.25) is 0 Å². The minimum absolute atomic E-state index is 0.173. The highest BCUT2D eigenvalue weighted by molar-refractivity contribution is 5.70. The lowest BCUT2D eigenvalue weighted by Gasteiger charge is -2.13. The maximum atomic E-state index is 13.5. The van der Waals surface area contributed by atoms with Crippen LogP contribution < -0.4 is 10.1 Å². The van der Waals surface area contributed by atoms with Crippen LogP contribution in [0.3, 0.4) is 0 Å². The molecule has 5 nitrogen and oxygen atoms in total. The summed E-state index contributed by atoms with van der Waals surface area (Å²) >= 11 is 0. The molecule has 0 fully saturated rings. The fourth-order valence-corrected chi connectivity index (χ4v) is 2.67. The number of nitrogens with one attached hydrogen (secondary N) is 1. The van der Waals surface area contributed by atoms with Crippen LogP contribution >= 0.6 is 0 Å². The molecular formula is C19H11F8N3O2. The fourth-order valence-electron chi connectivity index (χ4n) is 2.67. The molecule has 0 radical (unpaired) electrons. The lowest BCUT2D eigenvalue weighted by Crippen LogP contribution is -2.27. The van der Waals surface area contributed by atoms with Crippen LogP contribution in [0, 0.1) is 11.6 Å². The Hall–Kier alpha value is -3.64. The number of rotatable bonds is 4. The molecule has 0 unspecified atom stereocenters. The summed E-state index contributed by atoms with van der Waals surface area (Å²) in [6, 6.07) is 5.37. The van der Waals surface area contributed by atoms with Crippen molar-refractivity contribution in [3.8, 4) is 11.4 Å². The Balaban J connectivity index is 1.79. The predicted molar refractivity (Wildman–Crippen MR) is 92.8 cm³/mol. The maximum Gasteiger partial charge on any atom is 0.437 e. The van der Waals surface area contributed by atoms with E-state index in [9.17, 15) is 39.9 Å². The molecular weight excluding hydrogens is 454 g/mol. The van der Waals surface area contributed by atoms with Crippen LogP contribution in [0.1, 0.15) is 16.8 Å². The number of ether oxygens (including phenoxy) is 1. The summed E-state index contributed by atoms with van der Waals surface area (Å²) in [5, 5.41) is 5.44. The Morgan fingerprint density at radius 3 is 2.19 bits per heavy atom. The Morgan fingerprint density at radius 2 is 1.59 bits per heavy atom. The standard InChI is InChI=1S/C19H11F8N3O2/c20-12-1-3-14(4-2-12)30-16(19(25,26)27)15(9-29-30)32-17(31)28-8-10-5-11(18(22,23)24)7-13(21)6-10/h1-7,9H,8H2,(H,28,31). The SMILES string of the molecule is O=C(NCc1cc(F)cc(C(F)(F)F)c1)Oc1cnn(-c2ccc(F)cc2)c1C(F)(F)F. The van der Waals surface area contributed by atoms with Gasteiger partial charge in [-0.2, -0.15) is 31.4 Å². The van der Waals surface area contributed by atoms with E-state index >= 15 is 0 Å². The summed E-state index contributed by atoms with van der Waals surface area (Å²) in [4.78, 5) is 11.9. The van der Waals surface area contributed by atoms with Gasteiger partial charge >= 0.3 is 18.4 Å². The molecule has 2 aromatic carbocycles. The number of halogens is 8. The van der Waals surface area contributed by atoms with Crippen molar-refractivity contribution in [1.29, 1.82) is 0 Å². The Kier molecular flexibility index (Phi) is 6.10. The van der Waals surface area contributed by atoms with Gasteiger partial charge in [0.15, 0.2) is 11.4 Å². The van der Waals surface area contributed by atoms with Gasteiger partial charge in [-0.3, -0.25) is 0 Å². The number of amides is 1. The van der Waals surface area contributed by atoms with Crippen LogP contribution in [0.15, 0.2) is 48.7 Å². The second-order valence-corrected chi connectivity index (χ2v) is 6.33. The van der Waals surface area contributed by atoms with Crippen LogP contribution in [0.25, 0.3) is 5.69 Å². The molecule has 170 valence electrons. The average Bonchev–Trinajstić information content (AvgIpc) is 3.10. The molecule has 0 aliphatic rings. The minimum atomic E-state index is -5.04. The van der Waals surface area contributed by atoms with Gasteiger partial charge in [-0.15, -0.1) is 0 Å². The molecule has 0 bridgehead atoms. The molecule has 3 rings (SSSR count). The topological polar surface area (TPSA) is 56.1 Å². The second kappa shape index (κ2) is 8.48. The number of hydrogen-bond donors (Lipinski definition) is 1. The maximum absolute atomic E-state index is 13.5. The van der Waals surface area contributed by atoms with Crippen LogP contribution in [0.5, 0.6) is 5.75 Å². The first-order chi connectivity index (χ1) is 14.8. The van der Waals surface area contributed by atoms with E-state index < -0.39 is 53.6 Å². The largest absolute Gasteiger partial charge is 0.437 e. The zero-order valence-corrected chi connectivity index (χ0v) is 15.6. The van der Waals surface area contributed by atoms with Crippen LogP contribution in [0.4, 0.5) is 39.9 Å². The van der Waals surface area contributed by atoms with E-state index in [1.807, 2.05) is 5.32 Å². The molecule has 0 saturated heterocycles. The van der Waals surface area contributed by atoms with Crippen molar-refractivity contribution in [3.05, 3.63) is 77.1 Å². The molecule has 1 N–H and O–H groups in total. The Bertz CT molecular complexity index is 1120. The van der Waals surface area contributed by atoms with Crippen molar-refractivity contribution < 1.29 is 44.7 Å². The third-order valence-corrected chi connectivity index (χ3v) is 4.00. The monoisotopic (exact) mass is 465 g/mol. The highest BCUT2D eigenvalue weighted by Gasteiger charge is 2.40. The van der Waals surface area contributed by atoms with E-state index in [1.165, 1.54) is 0 Å². The number of benzene rings is 2. The molecule has 0 saturated carbocycles. The zero-order valence-electron chi connectivity index (χ0n) is 15.6. The van der Waals surface area contributed by atoms with Gasteiger partial charge < -0.3 is 10.1 Å². The van der Waals surface area contributed by atoms with E-state index in [-0.39, 0.29) is 17.3 Å². The van der Waals surface area contributed by atoms with E-state index in [0.29, 0.717) is 23.0 Å². The highest BCUT2D eigenvalue weighted by Crippen LogP contribution is 2.37. The summed E-state index contributed by atoms with van der Waals surface area (Å²) in [6.45, 7) is -0.660. The Morgan fingerprint density at radius 1 is 0.938 bits per heavy atom. The molecule has 0 atom stereocenters. The summed E-state index contributed by atoms with van der Waals surface area (Å²) in [5.74, 6) is -2.92. The third-order valence-electron chi connectivity index (χ3n) is 4.00. The highest BCUT2D eigenvalue weighted by atomic mass is 19.4. The van der Waals surface area contributed by atoms with Gasteiger partial charge in [-0.1, -0.05) is 0 Å². The van der Waals surface area contributed by atoms with Crippen molar-refractivity contribution in [1.82, 2.24) is 15.1 Å². The fraction of sp³-hybridized carbons (Fsp3) is 0.158. The number of carbonyl (C=O) groups is 1. The van der Waals surface area contributed by atoms with Gasteiger partial charge in [0.1, 0.15) is 11.6 Å². The normalized spacial score (nSPS) is 12.0. The lowest BCUT2D eigenvalue weighted by atomic mass is 10.1. The van der Waals surface area contributed by atoms with E-state index in [2.05, 4.69) is 9.84 Å². The van der Waals surface area contributed by atoms with Crippen LogP contribution in [0.2, 0.25) is 0 Å². The molecule has 1 amide bonds. The van der Waals surface area contributed by atoms with Crippen molar-refractivity contribution in [2.75, 3.05) is 0 Å². The van der Waals surface area contributed by atoms with Gasteiger partial charge in [0.25, 0.3) is 0 Å². The van der Waals surface area contributed by atoms with E-state index in [0.717, 1.165) is 24.3 Å². The molecule has 32 heavy (non-hydrogen) atoms. The molecule has 3 aromatic rings. The van der Waals surface area contributed by atoms with Gasteiger partial charge in [-0.05, 0) is 48.0 Å². The summed E-state index contributed by atoms with van der Waals surface area (Å²) in [7, 11) is 0. The van der Waals surface area contributed by atoms with E-state index in [4.69, 9.17) is 0 Å². The first-order valence-corrected chi connectivity index (χ1v) is 8.58. The van der Waals surface area contributed by atoms with Crippen LogP contribution in [-0.4, -0.2) is 15.9 Å². The van der Waals surface area contributed by atoms with Crippen LogP contribution in [-0.2, 0) is 18.9 Å².